The fourth-order valence-corrected chi connectivity index (χ4v) is 2.80. The minimum atomic E-state index is 0.219. The van der Waals surface area contributed by atoms with Crippen LogP contribution in [0, 0.1) is 19.8 Å². The molecule has 3 rings (SSSR count). The van der Waals surface area contributed by atoms with Crippen LogP contribution in [0.5, 0.6) is 0 Å². The predicted octanol–water partition coefficient (Wildman–Crippen LogP) is 5.65. The van der Waals surface area contributed by atoms with Gasteiger partial charge >= 0.3 is 0 Å². The Morgan fingerprint density at radius 1 is 1.05 bits per heavy atom. The van der Waals surface area contributed by atoms with Crippen LogP contribution in [0.25, 0.3) is 0 Å². The van der Waals surface area contributed by atoms with Gasteiger partial charge in [0.2, 0.25) is 0 Å². The van der Waals surface area contributed by atoms with Gasteiger partial charge in [0.05, 0.1) is 6.04 Å². The molecule has 0 aliphatic heterocycles. The lowest BCUT2D eigenvalue weighted by Crippen LogP contribution is -2.06. The molecule has 0 amide bonds. The van der Waals surface area contributed by atoms with Gasteiger partial charge in [-0.2, -0.15) is 0 Å². The monoisotopic (exact) mass is 291 g/mol. The Kier molecular flexibility index (Phi) is 4.42. The van der Waals surface area contributed by atoms with E-state index in [9.17, 15) is 0 Å². The van der Waals surface area contributed by atoms with Gasteiger partial charge in [-0.15, -0.1) is 0 Å². The summed E-state index contributed by atoms with van der Waals surface area (Å²) in [5.74, 6) is 0.850. The molecule has 22 heavy (non-hydrogen) atoms. The molecule has 1 saturated carbocycles. The van der Waals surface area contributed by atoms with Crippen LogP contribution in [-0.4, -0.2) is 5.71 Å². The molecule has 2 aromatic rings. The minimum Gasteiger partial charge on any atom is -0.281 e. The van der Waals surface area contributed by atoms with E-state index in [0.29, 0.717) is 0 Å². The molecular formula is C21H25N. The van der Waals surface area contributed by atoms with Gasteiger partial charge in [0.15, 0.2) is 0 Å². The quantitative estimate of drug-likeness (QED) is 0.631. The van der Waals surface area contributed by atoms with Crippen molar-refractivity contribution in [2.45, 2.75) is 46.1 Å². The highest BCUT2D eigenvalue weighted by Gasteiger charge is 2.24. The first kappa shape index (κ1) is 15.0. The summed E-state index contributed by atoms with van der Waals surface area (Å²) in [6.45, 7) is 6.56. The van der Waals surface area contributed by atoms with Crippen molar-refractivity contribution in [2.75, 3.05) is 0 Å². The first-order valence-corrected chi connectivity index (χ1v) is 8.32. The molecule has 1 atom stereocenters. The van der Waals surface area contributed by atoms with E-state index in [0.717, 1.165) is 12.3 Å². The largest absolute Gasteiger partial charge is 0.281 e. The third-order valence-electron chi connectivity index (χ3n) is 4.65. The summed E-state index contributed by atoms with van der Waals surface area (Å²) in [5, 5.41) is 0. The van der Waals surface area contributed by atoms with Gasteiger partial charge in [0, 0.05) is 5.71 Å². The molecule has 0 heterocycles. The Balaban J connectivity index is 1.91. The highest BCUT2D eigenvalue weighted by Crippen LogP contribution is 2.34. The molecule has 114 valence electrons. The fourth-order valence-electron chi connectivity index (χ4n) is 2.80. The van der Waals surface area contributed by atoms with E-state index in [1.165, 1.54) is 40.8 Å². The van der Waals surface area contributed by atoms with Gasteiger partial charge in [-0.3, -0.25) is 4.99 Å². The summed E-state index contributed by atoms with van der Waals surface area (Å²) in [4.78, 5) is 5.08. The molecule has 0 unspecified atom stereocenters. The Morgan fingerprint density at radius 2 is 1.77 bits per heavy atom. The second kappa shape index (κ2) is 6.48. The van der Waals surface area contributed by atoms with E-state index in [4.69, 9.17) is 4.99 Å². The normalized spacial score (nSPS) is 16.6. The zero-order valence-corrected chi connectivity index (χ0v) is 13.8. The molecule has 0 spiro atoms. The van der Waals surface area contributed by atoms with Crippen molar-refractivity contribution in [1.29, 1.82) is 0 Å². The first-order chi connectivity index (χ1) is 10.6. The topological polar surface area (TPSA) is 12.4 Å². The van der Waals surface area contributed by atoms with Crippen molar-refractivity contribution in [2.24, 2.45) is 10.9 Å². The Morgan fingerprint density at radius 3 is 2.41 bits per heavy atom. The summed E-state index contributed by atoms with van der Waals surface area (Å²) >= 11 is 0. The fraction of sp³-hybridized carbons (Fsp3) is 0.381. The van der Waals surface area contributed by atoms with Crippen molar-refractivity contribution in [3.05, 3.63) is 70.8 Å². The van der Waals surface area contributed by atoms with Crippen LogP contribution in [0.3, 0.4) is 0 Å². The van der Waals surface area contributed by atoms with Crippen molar-refractivity contribution in [1.82, 2.24) is 0 Å². The molecule has 1 nitrogen and oxygen atoms in total. The average Bonchev–Trinajstić information content (AvgIpc) is 3.34. The number of benzene rings is 2. The number of aliphatic imine (C=N–C) groups is 1. The number of rotatable bonds is 5. The summed E-state index contributed by atoms with van der Waals surface area (Å²) in [7, 11) is 0. The standard InChI is InChI=1S/C21H25N/c1-15-9-12-20(13-16(15)2)21(14-18-10-11-18)22-17(3)19-7-5-4-6-8-19/h4-9,12-13,17-18H,10-11,14H2,1-3H3/t17-/m0/s1. The van der Waals surface area contributed by atoms with Crippen LogP contribution in [-0.2, 0) is 0 Å². The number of hydrogen-bond acceptors (Lipinski definition) is 1. The molecule has 0 radical (unpaired) electrons. The van der Waals surface area contributed by atoms with E-state index < -0.39 is 0 Å². The Hall–Kier alpha value is -1.89. The van der Waals surface area contributed by atoms with Gasteiger partial charge in [-0.1, -0.05) is 42.5 Å². The molecule has 0 bridgehead atoms. The smallest absolute Gasteiger partial charge is 0.0724 e. The van der Waals surface area contributed by atoms with Crippen LogP contribution in [0.2, 0.25) is 0 Å². The van der Waals surface area contributed by atoms with Crippen molar-refractivity contribution in [3.8, 4) is 0 Å². The van der Waals surface area contributed by atoms with E-state index in [2.05, 4.69) is 69.3 Å². The van der Waals surface area contributed by atoms with E-state index in [-0.39, 0.29) is 6.04 Å². The third-order valence-corrected chi connectivity index (χ3v) is 4.65. The molecule has 2 aromatic carbocycles. The van der Waals surface area contributed by atoms with Crippen LogP contribution in [0.15, 0.2) is 53.5 Å². The van der Waals surface area contributed by atoms with Gasteiger partial charge in [0.25, 0.3) is 0 Å². The second-order valence-corrected chi connectivity index (χ2v) is 6.61. The molecule has 1 aliphatic rings. The van der Waals surface area contributed by atoms with Gasteiger partial charge in [-0.05, 0) is 74.3 Å². The maximum absolute atomic E-state index is 5.08. The highest BCUT2D eigenvalue weighted by molar-refractivity contribution is 6.01. The van der Waals surface area contributed by atoms with Crippen LogP contribution in [0.4, 0.5) is 0 Å². The number of nitrogens with zero attached hydrogens (tertiary/aromatic N) is 1. The summed E-state index contributed by atoms with van der Waals surface area (Å²) in [5.41, 5.74) is 6.58. The molecular weight excluding hydrogens is 266 g/mol. The lowest BCUT2D eigenvalue weighted by molar-refractivity contribution is 0.800. The van der Waals surface area contributed by atoms with Crippen LogP contribution >= 0.6 is 0 Å². The predicted molar refractivity (Wildman–Crippen MR) is 94.7 cm³/mol. The summed E-state index contributed by atoms with van der Waals surface area (Å²) in [6.07, 6.45) is 3.85. The lowest BCUT2D eigenvalue weighted by Gasteiger charge is -2.13. The number of aryl methyl sites for hydroxylation is 2. The second-order valence-electron chi connectivity index (χ2n) is 6.61. The van der Waals surface area contributed by atoms with Crippen LogP contribution in [0.1, 0.15) is 54.5 Å². The zero-order chi connectivity index (χ0) is 15.5. The Bertz CT molecular complexity index is 666. The van der Waals surface area contributed by atoms with E-state index in [1.807, 2.05) is 0 Å². The molecule has 1 fully saturated rings. The van der Waals surface area contributed by atoms with Gasteiger partial charge in [-0.25, -0.2) is 0 Å². The van der Waals surface area contributed by atoms with E-state index in [1.54, 1.807) is 0 Å². The highest BCUT2D eigenvalue weighted by atomic mass is 14.8. The lowest BCUT2D eigenvalue weighted by atomic mass is 9.99. The van der Waals surface area contributed by atoms with Crippen molar-refractivity contribution < 1.29 is 0 Å². The molecule has 0 aromatic heterocycles. The molecule has 0 saturated heterocycles. The van der Waals surface area contributed by atoms with Crippen molar-refractivity contribution >= 4 is 5.71 Å². The third kappa shape index (κ3) is 3.65. The maximum atomic E-state index is 5.08. The average molecular weight is 291 g/mol. The summed E-state index contributed by atoms with van der Waals surface area (Å²) in [6, 6.07) is 17.6. The van der Waals surface area contributed by atoms with Gasteiger partial charge < -0.3 is 0 Å². The van der Waals surface area contributed by atoms with E-state index >= 15 is 0 Å². The van der Waals surface area contributed by atoms with Gasteiger partial charge in [0.1, 0.15) is 0 Å². The molecule has 1 aliphatic carbocycles. The first-order valence-electron chi connectivity index (χ1n) is 8.32. The number of hydrogen-bond donors (Lipinski definition) is 0. The summed E-state index contributed by atoms with van der Waals surface area (Å²) < 4.78 is 0. The zero-order valence-electron chi connectivity index (χ0n) is 13.8. The SMILES string of the molecule is Cc1ccc(C(CC2CC2)=N[C@@H](C)c2ccccc2)cc1C. The minimum absolute atomic E-state index is 0.219. The maximum Gasteiger partial charge on any atom is 0.0724 e. The van der Waals surface area contributed by atoms with Crippen LogP contribution < -0.4 is 0 Å². The Labute approximate surface area is 134 Å². The van der Waals surface area contributed by atoms with Crippen molar-refractivity contribution in [3.63, 3.8) is 0 Å². The molecule has 0 N–H and O–H groups in total. The molecule has 1 heteroatoms.